The van der Waals surface area contributed by atoms with Gasteiger partial charge in [-0.05, 0) is 48.9 Å². The lowest BCUT2D eigenvalue weighted by Gasteiger charge is -2.21. The van der Waals surface area contributed by atoms with Crippen molar-refractivity contribution in [2.75, 3.05) is 5.32 Å². The molecule has 2 aromatic rings. The number of carbonyl (C=O) groups is 3. The first-order valence-corrected chi connectivity index (χ1v) is 10.5. The van der Waals surface area contributed by atoms with Gasteiger partial charge in [0.25, 0.3) is 5.97 Å². The molecule has 0 aromatic heterocycles. The molecule has 1 atom stereocenters. The average Bonchev–Trinajstić information content (AvgIpc) is 2.73. The Morgan fingerprint density at radius 3 is 2.34 bits per heavy atom. The van der Waals surface area contributed by atoms with Crippen LogP contribution in [0, 0.1) is 5.82 Å². The van der Waals surface area contributed by atoms with Gasteiger partial charge in [0.05, 0.1) is 5.71 Å². The Bertz CT molecular complexity index is 1040. The second kappa shape index (κ2) is 12.0. The highest BCUT2D eigenvalue weighted by molar-refractivity contribution is 8.15. The van der Waals surface area contributed by atoms with Gasteiger partial charge in [0.2, 0.25) is 11.8 Å². The summed E-state index contributed by atoms with van der Waals surface area (Å²) in [5, 5.41) is 21.1. The summed E-state index contributed by atoms with van der Waals surface area (Å²) < 4.78 is 13.0. The molecule has 0 bridgehead atoms. The Morgan fingerprint density at radius 1 is 1.16 bits per heavy atom. The molecule has 0 aliphatic carbocycles. The van der Waals surface area contributed by atoms with Gasteiger partial charge in [-0.15, -0.1) is 5.10 Å². The number of rotatable bonds is 4. The lowest BCUT2D eigenvalue weighted by Crippen LogP contribution is -2.41. The topological polar surface area (TPSA) is 120 Å². The average molecular weight is 479 g/mol. The lowest BCUT2D eigenvalue weighted by molar-refractivity contribution is -0.134. The molecular formula is C21H20ClFN4O4S. The molecule has 2 amide bonds. The van der Waals surface area contributed by atoms with Crippen LogP contribution in [0.5, 0.6) is 0 Å². The van der Waals surface area contributed by atoms with Crippen molar-refractivity contribution in [3.05, 3.63) is 64.9 Å². The molecular weight excluding hydrogens is 459 g/mol. The van der Waals surface area contributed by atoms with Gasteiger partial charge >= 0.3 is 0 Å². The molecule has 0 spiro atoms. The summed E-state index contributed by atoms with van der Waals surface area (Å²) in [4.78, 5) is 33.4. The Balaban J connectivity index is 0.000000837. The predicted molar refractivity (Wildman–Crippen MR) is 124 cm³/mol. The van der Waals surface area contributed by atoms with Crippen LogP contribution in [0.25, 0.3) is 0 Å². The van der Waals surface area contributed by atoms with E-state index < -0.39 is 17.0 Å². The van der Waals surface area contributed by atoms with Crippen LogP contribution in [-0.4, -0.2) is 39.0 Å². The van der Waals surface area contributed by atoms with E-state index in [1.807, 2.05) is 12.1 Å². The van der Waals surface area contributed by atoms with Crippen LogP contribution in [0.15, 0.2) is 58.7 Å². The van der Waals surface area contributed by atoms with Crippen molar-refractivity contribution < 1.29 is 23.9 Å². The van der Waals surface area contributed by atoms with Crippen LogP contribution in [0.1, 0.15) is 25.8 Å². The highest BCUT2D eigenvalue weighted by Gasteiger charge is 2.30. The second-order valence-corrected chi connectivity index (χ2v) is 8.10. The van der Waals surface area contributed by atoms with E-state index in [-0.39, 0.29) is 23.4 Å². The molecule has 168 valence electrons. The number of anilines is 1. The highest BCUT2D eigenvalue weighted by Crippen LogP contribution is 2.23. The van der Waals surface area contributed by atoms with E-state index in [9.17, 15) is 14.0 Å². The van der Waals surface area contributed by atoms with Crippen LogP contribution < -0.4 is 10.6 Å². The van der Waals surface area contributed by atoms with E-state index in [1.54, 1.807) is 19.1 Å². The number of benzene rings is 2. The minimum Gasteiger partial charge on any atom is -0.481 e. The van der Waals surface area contributed by atoms with Gasteiger partial charge in [-0.25, -0.2) is 4.39 Å². The summed E-state index contributed by atoms with van der Waals surface area (Å²) in [6.45, 7) is 2.86. The molecule has 1 aliphatic rings. The van der Waals surface area contributed by atoms with E-state index >= 15 is 0 Å². The quantitative estimate of drug-likeness (QED) is 0.454. The third kappa shape index (κ3) is 8.48. The Morgan fingerprint density at radius 2 is 1.75 bits per heavy atom. The summed E-state index contributed by atoms with van der Waals surface area (Å²) in [5.41, 5.74) is 1.93. The van der Waals surface area contributed by atoms with E-state index in [2.05, 4.69) is 20.8 Å². The lowest BCUT2D eigenvalue weighted by atomic mass is 10.1. The van der Waals surface area contributed by atoms with Crippen molar-refractivity contribution in [3.63, 3.8) is 0 Å². The van der Waals surface area contributed by atoms with Crippen molar-refractivity contribution in [1.29, 1.82) is 0 Å². The zero-order valence-electron chi connectivity index (χ0n) is 17.1. The molecule has 2 aromatic carbocycles. The molecule has 11 heteroatoms. The third-order valence-corrected chi connectivity index (χ3v) is 5.15. The van der Waals surface area contributed by atoms with Crippen molar-refractivity contribution >= 4 is 57.7 Å². The SMILES string of the molecule is C/C(=N\N=C1/NC(=O)CC(C(=O)Nc2ccc(F)cc2)S1)c1ccc(Cl)cc1.CC(=O)O. The maximum absolute atomic E-state index is 13.0. The monoisotopic (exact) mass is 478 g/mol. The fraction of sp³-hybridized carbons (Fsp3) is 0.190. The summed E-state index contributed by atoms with van der Waals surface area (Å²) >= 11 is 6.98. The summed E-state index contributed by atoms with van der Waals surface area (Å²) in [5.74, 6) is -1.92. The first-order valence-electron chi connectivity index (χ1n) is 9.24. The van der Waals surface area contributed by atoms with Gasteiger partial charge in [0, 0.05) is 24.1 Å². The maximum atomic E-state index is 13.0. The number of carboxylic acids is 1. The van der Waals surface area contributed by atoms with Crippen LogP contribution >= 0.6 is 23.4 Å². The normalized spacial score (nSPS) is 17.1. The third-order valence-electron chi connectivity index (χ3n) is 3.83. The Kier molecular flexibility index (Phi) is 9.36. The summed E-state index contributed by atoms with van der Waals surface area (Å²) in [6, 6.07) is 12.5. The zero-order chi connectivity index (χ0) is 23.7. The van der Waals surface area contributed by atoms with E-state index in [0.29, 0.717) is 16.4 Å². The molecule has 32 heavy (non-hydrogen) atoms. The van der Waals surface area contributed by atoms with Gasteiger partial charge in [-0.2, -0.15) is 5.10 Å². The molecule has 1 aliphatic heterocycles. The van der Waals surface area contributed by atoms with E-state index in [1.165, 1.54) is 24.3 Å². The standard InChI is InChI=1S/C19H16ClFN4O2S.C2H4O2/c1-11(12-2-4-13(20)5-3-12)24-25-19-23-17(26)10-16(28-19)18(27)22-15-8-6-14(21)7-9-15;1-2(3)4/h2-9,16H,10H2,1H3,(H,22,27)(H,23,25,26);1H3,(H,3,4)/b24-11+;. The van der Waals surface area contributed by atoms with Crippen molar-refractivity contribution in [3.8, 4) is 0 Å². The molecule has 0 saturated carbocycles. The fourth-order valence-corrected chi connectivity index (χ4v) is 3.42. The number of amides is 2. The minimum absolute atomic E-state index is 0.0105. The Hall–Kier alpha value is -3.24. The summed E-state index contributed by atoms with van der Waals surface area (Å²) in [7, 11) is 0. The molecule has 8 nitrogen and oxygen atoms in total. The number of aliphatic carboxylic acids is 1. The van der Waals surface area contributed by atoms with E-state index in [4.69, 9.17) is 21.5 Å². The number of nitrogens with one attached hydrogen (secondary N) is 2. The number of nitrogens with zero attached hydrogens (tertiary/aromatic N) is 2. The largest absolute Gasteiger partial charge is 0.481 e. The molecule has 1 saturated heterocycles. The zero-order valence-corrected chi connectivity index (χ0v) is 18.7. The van der Waals surface area contributed by atoms with Crippen LogP contribution in [0.3, 0.4) is 0 Å². The molecule has 1 fully saturated rings. The van der Waals surface area contributed by atoms with Crippen LogP contribution in [-0.2, 0) is 14.4 Å². The number of hydrogen-bond acceptors (Lipinski definition) is 6. The minimum atomic E-state index is -0.833. The first kappa shape index (κ1) is 25.0. The van der Waals surface area contributed by atoms with Crippen LogP contribution in [0.4, 0.5) is 10.1 Å². The number of carboxylic acid groups (broad SMARTS) is 1. The number of amidine groups is 1. The molecule has 1 heterocycles. The van der Waals surface area contributed by atoms with Gasteiger partial charge in [-0.1, -0.05) is 35.5 Å². The molecule has 1 unspecified atom stereocenters. The van der Waals surface area contributed by atoms with Crippen LogP contribution in [0.2, 0.25) is 5.02 Å². The molecule has 3 rings (SSSR count). The highest BCUT2D eigenvalue weighted by atomic mass is 35.5. The number of halogens is 2. The van der Waals surface area contributed by atoms with Gasteiger partial charge < -0.3 is 15.7 Å². The van der Waals surface area contributed by atoms with Gasteiger partial charge in [0.1, 0.15) is 11.1 Å². The fourth-order valence-electron chi connectivity index (χ4n) is 2.36. The van der Waals surface area contributed by atoms with Gasteiger partial charge in [0.15, 0.2) is 5.17 Å². The summed E-state index contributed by atoms with van der Waals surface area (Å²) in [6.07, 6.45) is 0.0105. The number of thioether (sulfide) groups is 1. The Labute approximate surface area is 193 Å². The second-order valence-electron chi connectivity index (χ2n) is 6.47. The number of carbonyl (C=O) groups excluding carboxylic acids is 2. The van der Waals surface area contributed by atoms with Crippen molar-refractivity contribution in [2.45, 2.75) is 25.5 Å². The molecule has 0 radical (unpaired) electrons. The first-order chi connectivity index (χ1) is 15.1. The van der Waals surface area contributed by atoms with Crippen molar-refractivity contribution in [2.24, 2.45) is 10.2 Å². The van der Waals surface area contributed by atoms with E-state index in [0.717, 1.165) is 24.2 Å². The van der Waals surface area contributed by atoms with Gasteiger partial charge in [-0.3, -0.25) is 14.4 Å². The smallest absolute Gasteiger partial charge is 0.300 e. The molecule has 3 N–H and O–H groups in total. The predicted octanol–water partition coefficient (Wildman–Crippen LogP) is 3.91. The number of hydrogen-bond donors (Lipinski definition) is 3. The maximum Gasteiger partial charge on any atom is 0.300 e. The van der Waals surface area contributed by atoms with Crippen molar-refractivity contribution in [1.82, 2.24) is 5.32 Å².